The maximum Gasteiger partial charge on any atom is 0.210 e. The SMILES string of the molecule is CC1CN(C=O)C12CCN(c1ncnc3[nH]ccc13)C2. The summed E-state index contributed by atoms with van der Waals surface area (Å²) in [4.78, 5) is 27.2. The van der Waals surface area contributed by atoms with Gasteiger partial charge in [-0.25, -0.2) is 9.97 Å². The molecule has 2 aliphatic rings. The van der Waals surface area contributed by atoms with Gasteiger partial charge in [0.2, 0.25) is 6.41 Å². The number of likely N-dealkylation sites (tertiary alicyclic amines) is 1. The topological polar surface area (TPSA) is 65.1 Å². The van der Waals surface area contributed by atoms with Crippen LogP contribution in [0.1, 0.15) is 13.3 Å². The van der Waals surface area contributed by atoms with Crippen molar-refractivity contribution in [2.24, 2.45) is 5.92 Å². The monoisotopic (exact) mass is 271 g/mol. The molecule has 2 saturated heterocycles. The molecule has 104 valence electrons. The van der Waals surface area contributed by atoms with Crippen LogP contribution in [-0.4, -0.2) is 51.4 Å². The van der Waals surface area contributed by atoms with E-state index in [1.54, 1.807) is 6.33 Å². The van der Waals surface area contributed by atoms with E-state index in [0.29, 0.717) is 5.92 Å². The second kappa shape index (κ2) is 3.94. The third-order valence-corrected chi connectivity index (χ3v) is 5.00. The number of aromatic amines is 1. The minimum absolute atomic E-state index is 0.00926. The van der Waals surface area contributed by atoms with Gasteiger partial charge in [0.05, 0.1) is 10.9 Å². The van der Waals surface area contributed by atoms with Gasteiger partial charge >= 0.3 is 0 Å². The maximum absolute atomic E-state index is 11.2. The summed E-state index contributed by atoms with van der Waals surface area (Å²) in [6, 6.07) is 2.01. The highest BCUT2D eigenvalue weighted by Crippen LogP contribution is 2.44. The van der Waals surface area contributed by atoms with Crippen LogP contribution in [0.25, 0.3) is 11.0 Å². The predicted molar refractivity (Wildman–Crippen MR) is 75.4 cm³/mol. The Balaban J connectivity index is 1.68. The Hall–Kier alpha value is -2.11. The van der Waals surface area contributed by atoms with Gasteiger partial charge < -0.3 is 14.8 Å². The molecule has 4 rings (SSSR count). The Morgan fingerprint density at radius 2 is 2.40 bits per heavy atom. The lowest BCUT2D eigenvalue weighted by atomic mass is 9.75. The molecule has 2 aliphatic heterocycles. The largest absolute Gasteiger partial charge is 0.353 e. The molecular weight excluding hydrogens is 254 g/mol. The highest BCUT2D eigenvalue weighted by Gasteiger charge is 2.54. The van der Waals surface area contributed by atoms with Crippen LogP contribution >= 0.6 is 0 Å². The molecule has 0 radical (unpaired) electrons. The lowest BCUT2D eigenvalue weighted by Crippen LogP contribution is -2.66. The fourth-order valence-corrected chi connectivity index (χ4v) is 3.71. The lowest BCUT2D eigenvalue weighted by Gasteiger charge is -2.54. The molecule has 0 aliphatic carbocycles. The van der Waals surface area contributed by atoms with Gasteiger partial charge in [-0.3, -0.25) is 4.79 Å². The summed E-state index contributed by atoms with van der Waals surface area (Å²) in [6.07, 6.45) is 5.50. The zero-order valence-electron chi connectivity index (χ0n) is 11.4. The number of H-pyrrole nitrogens is 1. The van der Waals surface area contributed by atoms with Crippen molar-refractivity contribution in [2.75, 3.05) is 24.5 Å². The zero-order valence-corrected chi connectivity index (χ0v) is 11.4. The van der Waals surface area contributed by atoms with Crippen LogP contribution in [0.4, 0.5) is 5.82 Å². The normalized spacial score (nSPS) is 29.1. The second-order valence-electron chi connectivity index (χ2n) is 5.87. The summed E-state index contributed by atoms with van der Waals surface area (Å²) in [5.41, 5.74) is 0.875. The highest BCUT2D eigenvalue weighted by atomic mass is 16.1. The predicted octanol–water partition coefficient (Wildman–Crippen LogP) is 1.01. The van der Waals surface area contributed by atoms with Crippen molar-refractivity contribution in [1.29, 1.82) is 0 Å². The fourth-order valence-electron chi connectivity index (χ4n) is 3.71. The molecule has 2 atom stereocenters. The minimum atomic E-state index is 0.00926. The second-order valence-corrected chi connectivity index (χ2v) is 5.87. The number of carbonyl (C=O) groups excluding carboxylic acids is 1. The van der Waals surface area contributed by atoms with Gasteiger partial charge in [0.25, 0.3) is 0 Å². The van der Waals surface area contributed by atoms with Crippen molar-refractivity contribution in [3.63, 3.8) is 0 Å². The zero-order chi connectivity index (χ0) is 13.7. The molecule has 6 heteroatoms. The van der Waals surface area contributed by atoms with Gasteiger partial charge in [-0.2, -0.15) is 0 Å². The van der Waals surface area contributed by atoms with Gasteiger partial charge in [-0.05, 0) is 18.4 Å². The number of aromatic nitrogens is 3. The van der Waals surface area contributed by atoms with E-state index in [-0.39, 0.29) is 5.54 Å². The molecule has 2 unspecified atom stereocenters. The number of anilines is 1. The van der Waals surface area contributed by atoms with Crippen LogP contribution in [0, 0.1) is 5.92 Å². The molecule has 1 amide bonds. The molecule has 0 bridgehead atoms. The van der Waals surface area contributed by atoms with Crippen molar-refractivity contribution in [3.8, 4) is 0 Å². The van der Waals surface area contributed by atoms with E-state index in [1.165, 1.54) is 0 Å². The van der Waals surface area contributed by atoms with Crippen LogP contribution in [0.5, 0.6) is 0 Å². The first-order valence-electron chi connectivity index (χ1n) is 7.00. The fraction of sp³-hybridized carbons (Fsp3) is 0.500. The van der Waals surface area contributed by atoms with Gasteiger partial charge in [0.1, 0.15) is 17.8 Å². The molecule has 4 heterocycles. The number of nitrogens with zero attached hydrogens (tertiary/aromatic N) is 4. The average molecular weight is 271 g/mol. The van der Waals surface area contributed by atoms with E-state index < -0.39 is 0 Å². The molecular formula is C14H17N5O. The smallest absolute Gasteiger partial charge is 0.210 e. The molecule has 6 nitrogen and oxygen atoms in total. The van der Waals surface area contributed by atoms with E-state index in [2.05, 4.69) is 26.8 Å². The Morgan fingerprint density at radius 1 is 1.50 bits per heavy atom. The molecule has 2 aromatic rings. The number of carbonyl (C=O) groups is 1. The number of rotatable bonds is 2. The van der Waals surface area contributed by atoms with Crippen molar-refractivity contribution in [2.45, 2.75) is 18.9 Å². The first kappa shape index (κ1) is 11.7. The molecule has 1 N–H and O–H groups in total. The van der Waals surface area contributed by atoms with E-state index >= 15 is 0 Å². The van der Waals surface area contributed by atoms with Crippen LogP contribution in [0.2, 0.25) is 0 Å². The van der Waals surface area contributed by atoms with Gasteiger partial charge in [-0.1, -0.05) is 6.92 Å². The Kier molecular flexibility index (Phi) is 2.31. The quantitative estimate of drug-likeness (QED) is 0.828. The lowest BCUT2D eigenvalue weighted by molar-refractivity contribution is -0.139. The summed E-state index contributed by atoms with van der Waals surface area (Å²) < 4.78 is 0. The standard InChI is InChI=1S/C14H17N5O/c1-10-6-19(9-20)14(10)3-5-18(7-14)13-11-2-4-15-12(11)16-8-17-13/h2,4,8-10H,3,5-7H2,1H3,(H,15,16,17). The molecule has 2 aromatic heterocycles. The van der Waals surface area contributed by atoms with E-state index in [1.807, 2.05) is 17.2 Å². The first-order valence-corrected chi connectivity index (χ1v) is 7.00. The number of amides is 1. The van der Waals surface area contributed by atoms with E-state index in [9.17, 15) is 4.79 Å². The molecule has 0 aromatic carbocycles. The van der Waals surface area contributed by atoms with Gasteiger partial charge in [0, 0.05) is 25.8 Å². The van der Waals surface area contributed by atoms with Gasteiger partial charge in [0.15, 0.2) is 0 Å². The van der Waals surface area contributed by atoms with E-state index in [4.69, 9.17) is 0 Å². The number of fused-ring (bicyclic) bond motifs is 1. The Labute approximate surface area is 116 Å². The van der Waals surface area contributed by atoms with Crippen LogP contribution < -0.4 is 4.90 Å². The molecule has 20 heavy (non-hydrogen) atoms. The molecule has 1 spiro atoms. The Bertz CT molecular complexity index is 668. The maximum atomic E-state index is 11.2. The molecule has 0 saturated carbocycles. The highest BCUT2D eigenvalue weighted by molar-refractivity contribution is 5.87. The van der Waals surface area contributed by atoms with Crippen LogP contribution in [0.15, 0.2) is 18.6 Å². The van der Waals surface area contributed by atoms with Crippen molar-refractivity contribution < 1.29 is 4.79 Å². The first-order chi connectivity index (χ1) is 9.74. The summed E-state index contributed by atoms with van der Waals surface area (Å²) >= 11 is 0. The van der Waals surface area contributed by atoms with E-state index in [0.717, 1.165) is 49.3 Å². The molecule has 2 fully saturated rings. The summed E-state index contributed by atoms with van der Waals surface area (Å²) in [6.45, 7) is 4.91. The van der Waals surface area contributed by atoms with Crippen molar-refractivity contribution in [3.05, 3.63) is 18.6 Å². The summed E-state index contributed by atoms with van der Waals surface area (Å²) in [5.74, 6) is 1.53. The van der Waals surface area contributed by atoms with Crippen molar-refractivity contribution >= 4 is 23.3 Å². The number of hydrogen-bond donors (Lipinski definition) is 1. The average Bonchev–Trinajstić information content (AvgIpc) is 3.11. The van der Waals surface area contributed by atoms with Crippen molar-refractivity contribution in [1.82, 2.24) is 19.9 Å². The Morgan fingerprint density at radius 3 is 3.20 bits per heavy atom. The van der Waals surface area contributed by atoms with Gasteiger partial charge in [-0.15, -0.1) is 0 Å². The number of hydrogen-bond acceptors (Lipinski definition) is 4. The number of nitrogens with one attached hydrogen (secondary N) is 1. The van der Waals surface area contributed by atoms with Crippen LogP contribution in [-0.2, 0) is 4.79 Å². The third-order valence-electron chi connectivity index (χ3n) is 5.00. The summed E-state index contributed by atoms with van der Waals surface area (Å²) in [5, 5.41) is 1.05. The third kappa shape index (κ3) is 1.36. The summed E-state index contributed by atoms with van der Waals surface area (Å²) in [7, 11) is 0. The minimum Gasteiger partial charge on any atom is -0.353 e. The van der Waals surface area contributed by atoms with Crippen LogP contribution in [0.3, 0.4) is 0 Å².